The highest BCUT2D eigenvalue weighted by atomic mass is 19.4. The van der Waals surface area contributed by atoms with Crippen molar-refractivity contribution in [3.63, 3.8) is 0 Å². The summed E-state index contributed by atoms with van der Waals surface area (Å²) in [6, 6.07) is 0. The minimum absolute atomic E-state index is 0.126. The van der Waals surface area contributed by atoms with E-state index in [4.69, 9.17) is 0 Å². The van der Waals surface area contributed by atoms with Crippen LogP contribution in [-0.2, 0) is 4.74 Å². The lowest BCUT2D eigenvalue weighted by Gasteiger charge is -2.45. The fourth-order valence-electron chi connectivity index (χ4n) is 3.53. The number of carbonyl (C=O) groups excluding carboxylic acids is 2. The Hall–Kier alpha value is -2.93. The number of hydrogen-bond donors (Lipinski definition) is 1. The van der Waals surface area contributed by atoms with Gasteiger partial charge in [-0.3, -0.25) is 4.79 Å². The molecule has 178 valence electrons. The molecule has 3 heterocycles. The van der Waals surface area contributed by atoms with Crippen molar-refractivity contribution in [2.45, 2.75) is 43.8 Å². The van der Waals surface area contributed by atoms with Crippen LogP contribution in [0.1, 0.15) is 36.1 Å². The second-order valence-corrected chi connectivity index (χ2v) is 7.80. The number of imidazole rings is 1. The van der Waals surface area contributed by atoms with Gasteiger partial charge in [0.1, 0.15) is 5.69 Å². The van der Waals surface area contributed by atoms with Crippen molar-refractivity contribution in [2.75, 3.05) is 32.1 Å². The molecule has 0 radical (unpaired) electrons. The summed E-state index contributed by atoms with van der Waals surface area (Å²) in [5.74, 6) is 0.166. The van der Waals surface area contributed by atoms with E-state index in [0.717, 1.165) is 4.90 Å². The zero-order valence-corrected chi connectivity index (χ0v) is 17.1. The first kappa shape index (κ1) is 23.7. The third-order valence-electron chi connectivity index (χ3n) is 5.67. The number of nitrogens with zero attached hydrogens (tertiary/aromatic N) is 4. The van der Waals surface area contributed by atoms with Gasteiger partial charge in [0, 0.05) is 32.2 Å². The minimum Gasteiger partial charge on any atom is -0.426 e. The number of hydrogen-bond acceptors (Lipinski definition) is 5. The predicted molar refractivity (Wildman–Crippen MR) is 99.2 cm³/mol. The molecule has 1 N–H and O–H groups in total. The number of nitrogens with one attached hydrogen (secondary N) is 1. The molecule has 0 bridgehead atoms. The van der Waals surface area contributed by atoms with Gasteiger partial charge in [-0.05, 0) is 25.8 Å². The number of rotatable bonds is 3. The fourth-order valence-corrected chi connectivity index (χ4v) is 3.53. The molecule has 0 aliphatic carbocycles. The third-order valence-corrected chi connectivity index (χ3v) is 5.67. The fraction of sp³-hybridized carbons (Fsp3) is 0.611. The number of amides is 2. The average molecular weight is 469 g/mol. The highest BCUT2D eigenvalue weighted by molar-refractivity contribution is 5.93. The van der Waals surface area contributed by atoms with Crippen molar-refractivity contribution < 1.29 is 40.7 Å². The molecule has 0 atom stereocenters. The van der Waals surface area contributed by atoms with Crippen LogP contribution in [0.5, 0.6) is 0 Å². The van der Waals surface area contributed by atoms with E-state index in [0.29, 0.717) is 12.4 Å². The Labute approximate surface area is 178 Å². The van der Waals surface area contributed by atoms with Crippen LogP contribution in [0.4, 0.5) is 31.1 Å². The van der Waals surface area contributed by atoms with Crippen LogP contribution in [-0.4, -0.2) is 82.1 Å². The molecule has 2 aliphatic rings. The van der Waals surface area contributed by atoms with Crippen LogP contribution in [0.15, 0.2) is 12.3 Å². The van der Waals surface area contributed by atoms with E-state index in [1.165, 1.54) is 22.8 Å². The van der Waals surface area contributed by atoms with Crippen molar-refractivity contribution in [3.05, 3.63) is 23.8 Å². The molecule has 0 aromatic carbocycles. The molecule has 1 aromatic rings. The lowest BCUT2D eigenvalue weighted by Crippen LogP contribution is -2.56. The molecule has 0 spiro atoms. The molecule has 1 aromatic heterocycles. The molecule has 14 heteroatoms. The largest absolute Gasteiger partial charge is 0.434 e. The van der Waals surface area contributed by atoms with Gasteiger partial charge >= 0.3 is 18.4 Å². The number of likely N-dealkylation sites (tertiary alicyclic amines) is 1. The van der Waals surface area contributed by atoms with E-state index in [9.17, 15) is 35.9 Å². The molecule has 1 saturated heterocycles. The Bertz CT molecular complexity index is 888. The molecule has 1 fully saturated rings. The van der Waals surface area contributed by atoms with Gasteiger partial charge in [0.05, 0.1) is 6.20 Å². The monoisotopic (exact) mass is 469 g/mol. The average Bonchev–Trinajstić information content (AvgIpc) is 3.13. The van der Waals surface area contributed by atoms with Gasteiger partial charge in [-0.1, -0.05) is 6.08 Å². The van der Waals surface area contributed by atoms with Crippen LogP contribution < -0.4 is 5.43 Å². The van der Waals surface area contributed by atoms with Gasteiger partial charge < -0.3 is 20.0 Å². The van der Waals surface area contributed by atoms with E-state index in [1.54, 1.807) is 13.0 Å². The Balaban J connectivity index is 1.65. The first-order valence-electron chi connectivity index (χ1n) is 9.59. The highest BCUT2D eigenvalue weighted by Gasteiger charge is 2.60. The molecule has 2 amide bonds. The second-order valence-electron chi connectivity index (χ2n) is 7.80. The summed E-state index contributed by atoms with van der Waals surface area (Å²) in [4.78, 5) is 31.3. The quantitative estimate of drug-likeness (QED) is 0.689. The Morgan fingerprint density at radius 3 is 2.34 bits per heavy atom. The van der Waals surface area contributed by atoms with E-state index < -0.39 is 30.1 Å². The predicted octanol–water partition coefficient (Wildman–Crippen LogP) is 3.01. The summed E-state index contributed by atoms with van der Waals surface area (Å²) in [6.07, 6.45) is -12.2. The van der Waals surface area contributed by atoms with E-state index in [1.807, 2.05) is 6.08 Å². The molecule has 32 heavy (non-hydrogen) atoms. The maximum Gasteiger partial charge on any atom is 0.434 e. The van der Waals surface area contributed by atoms with Crippen LogP contribution in [0.3, 0.4) is 0 Å². The number of carbonyl (C=O) groups is 2. The number of piperidine rings is 1. The van der Waals surface area contributed by atoms with E-state index in [2.05, 4.69) is 15.1 Å². The molecule has 0 unspecified atom stereocenters. The highest BCUT2D eigenvalue weighted by Crippen LogP contribution is 2.37. The maximum absolute atomic E-state index is 13.0. The minimum atomic E-state index is -5.78. The van der Waals surface area contributed by atoms with Gasteiger partial charge in [0.15, 0.2) is 5.82 Å². The summed E-state index contributed by atoms with van der Waals surface area (Å²) in [7, 11) is 1.54. The standard InChI is InChI=1S/C18H21F6N5O3/c1-16(27(2)13(30)11-10-25-12-4-3-7-26-29(11)12)5-8-28(9-6-16)15(31)32-14(17(19,20)21)18(22,23)24/h3-4,10,14,26H,5-9H2,1-2H3. The van der Waals surface area contributed by atoms with Crippen molar-refractivity contribution in [1.29, 1.82) is 0 Å². The summed E-state index contributed by atoms with van der Waals surface area (Å²) in [5.41, 5.74) is 2.47. The van der Waals surface area contributed by atoms with Gasteiger partial charge in [0.25, 0.3) is 12.0 Å². The number of ether oxygens (including phenoxy) is 1. The lowest BCUT2D eigenvalue weighted by atomic mass is 9.88. The smallest absolute Gasteiger partial charge is 0.426 e. The van der Waals surface area contributed by atoms with Crippen LogP contribution in [0.25, 0.3) is 6.08 Å². The summed E-state index contributed by atoms with van der Waals surface area (Å²) >= 11 is 0. The van der Waals surface area contributed by atoms with Crippen molar-refractivity contribution in [2.24, 2.45) is 0 Å². The summed E-state index contributed by atoms with van der Waals surface area (Å²) in [6.45, 7) is 1.86. The van der Waals surface area contributed by atoms with Gasteiger partial charge in [-0.2, -0.15) is 26.3 Å². The van der Waals surface area contributed by atoms with E-state index >= 15 is 0 Å². The Morgan fingerprint density at radius 1 is 1.19 bits per heavy atom. The van der Waals surface area contributed by atoms with Gasteiger partial charge in [-0.15, -0.1) is 0 Å². The molecular weight excluding hydrogens is 448 g/mol. The van der Waals surface area contributed by atoms with Gasteiger partial charge in [0.2, 0.25) is 0 Å². The zero-order valence-electron chi connectivity index (χ0n) is 17.1. The van der Waals surface area contributed by atoms with Crippen LogP contribution in [0, 0.1) is 0 Å². The SMILES string of the molecule is CN(C(=O)c1cnc2n1NCC=C2)C1(C)CCN(C(=O)OC(C(F)(F)F)C(F)(F)F)CC1. The molecular formula is C18H21F6N5O3. The first-order chi connectivity index (χ1) is 14.7. The molecule has 8 nitrogen and oxygen atoms in total. The van der Waals surface area contributed by atoms with Crippen molar-refractivity contribution in [3.8, 4) is 0 Å². The number of halogens is 6. The van der Waals surface area contributed by atoms with Crippen molar-refractivity contribution in [1.82, 2.24) is 19.5 Å². The van der Waals surface area contributed by atoms with Crippen LogP contribution in [0.2, 0.25) is 0 Å². The number of aromatic nitrogens is 2. The maximum atomic E-state index is 13.0. The molecule has 3 rings (SSSR count). The van der Waals surface area contributed by atoms with Crippen LogP contribution >= 0.6 is 0 Å². The number of fused-ring (bicyclic) bond motifs is 1. The number of alkyl halides is 6. The first-order valence-corrected chi connectivity index (χ1v) is 9.59. The summed E-state index contributed by atoms with van der Waals surface area (Å²) in [5, 5.41) is 0. The Morgan fingerprint density at radius 2 is 1.78 bits per heavy atom. The second kappa shape index (κ2) is 8.20. The van der Waals surface area contributed by atoms with Gasteiger partial charge in [-0.25, -0.2) is 14.5 Å². The summed E-state index contributed by atoms with van der Waals surface area (Å²) < 4.78 is 81.1. The van der Waals surface area contributed by atoms with E-state index in [-0.39, 0.29) is 37.5 Å². The Kier molecular flexibility index (Phi) is 6.08. The molecule has 0 saturated carbocycles. The third kappa shape index (κ3) is 4.63. The van der Waals surface area contributed by atoms with Crippen molar-refractivity contribution >= 4 is 18.1 Å². The topological polar surface area (TPSA) is 79.7 Å². The normalized spacial score (nSPS) is 18.2. The lowest BCUT2D eigenvalue weighted by molar-refractivity contribution is -0.308. The molecule has 2 aliphatic heterocycles. The zero-order chi connectivity index (χ0) is 23.9.